The Hall–Kier alpha value is -1.26. The van der Waals surface area contributed by atoms with Crippen LogP contribution in [0.15, 0.2) is 23.3 Å². The summed E-state index contributed by atoms with van der Waals surface area (Å²) in [6.45, 7) is 3.91. The molecule has 0 spiro atoms. The zero-order valence-corrected chi connectivity index (χ0v) is 16.3. The van der Waals surface area contributed by atoms with Crippen LogP contribution in [0.3, 0.4) is 0 Å². The Morgan fingerprint density at radius 2 is 2.04 bits per heavy atom. The molecule has 0 amide bonds. The number of guanidine groups is 1. The maximum atomic E-state index is 12.2. The number of aromatic nitrogens is 1. The second kappa shape index (κ2) is 11.3. The predicted molar refractivity (Wildman–Crippen MR) is 98.9 cm³/mol. The van der Waals surface area contributed by atoms with Gasteiger partial charge >= 0.3 is 6.18 Å². The van der Waals surface area contributed by atoms with Gasteiger partial charge in [-0.15, -0.1) is 24.0 Å². The monoisotopic (exact) mass is 460 g/mol. The highest BCUT2D eigenvalue weighted by Crippen LogP contribution is 2.19. The molecule has 0 unspecified atom stereocenters. The summed E-state index contributed by atoms with van der Waals surface area (Å²) in [5.41, 5.74) is 0.531. The SMILES string of the molecule is CN=C(NCCC(C)C)NCc1cccnc1OCC(F)(F)F.I. The topological polar surface area (TPSA) is 58.5 Å². The highest BCUT2D eigenvalue weighted by atomic mass is 127. The molecule has 0 aliphatic rings. The number of pyridine rings is 1. The summed E-state index contributed by atoms with van der Waals surface area (Å²) in [5.74, 6) is 1.12. The third-order valence-corrected chi connectivity index (χ3v) is 2.91. The van der Waals surface area contributed by atoms with Crippen molar-refractivity contribution in [1.82, 2.24) is 15.6 Å². The minimum absolute atomic E-state index is 0. The van der Waals surface area contributed by atoms with E-state index in [0.29, 0.717) is 17.4 Å². The van der Waals surface area contributed by atoms with E-state index >= 15 is 0 Å². The molecule has 1 aromatic rings. The third-order valence-electron chi connectivity index (χ3n) is 2.91. The second-order valence-corrected chi connectivity index (χ2v) is 5.41. The van der Waals surface area contributed by atoms with Gasteiger partial charge in [0.1, 0.15) is 0 Å². The van der Waals surface area contributed by atoms with Crippen molar-refractivity contribution in [3.05, 3.63) is 23.9 Å². The van der Waals surface area contributed by atoms with Gasteiger partial charge < -0.3 is 15.4 Å². The molecule has 0 aliphatic carbocycles. The fourth-order valence-corrected chi connectivity index (χ4v) is 1.72. The summed E-state index contributed by atoms with van der Waals surface area (Å²) in [6, 6.07) is 3.31. The van der Waals surface area contributed by atoms with E-state index in [1.54, 1.807) is 19.2 Å². The maximum absolute atomic E-state index is 12.2. The molecule has 1 heterocycles. The average Bonchev–Trinajstić information content (AvgIpc) is 2.48. The molecule has 1 aromatic heterocycles. The molecule has 138 valence electrons. The molecule has 0 aliphatic heterocycles. The van der Waals surface area contributed by atoms with Crippen LogP contribution in [-0.4, -0.2) is 37.3 Å². The quantitative estimate of drug-likeness (QED) is 0.373. The Bertz CT molecular complexity index is 510. The van der Waals surface area contributed by atoms with Gasteiger partial charge in [0.05, 0.1) is 0 Å². The highest BCUT2D eigenvalue weighted by molar-refractivity contribution is 14.0. The van der Waals surface area contributed by atoms with E-state index in [0.717, 1.165) is 13.0 Å². The highest BCUT2D eigenvalue weighted by Gasteiger charge is 2.29. The Morgan fingerprint density at radius 1 is 1.33 bits per heavy atom. The van der Waals surface area contributed by atoms with Crippen molar-refractivity contribution in [3.8, 4) is 5.88 Å². The Kier molecular flexibility index (Phi) is 10.7. The van der Waals surface area contributed by atoms with Gasteiger partial charge in [0, 0.05) is 31.9 Å². The first-order valence-corrected chi connectivity index (χ1v) is 7.39. The number of alkyl halides is 3. The summed E-state index contributed by atoms with van der Waals surface area (Å²) >= 11 is 0. The second-order valence-electron chi connectivity index (χ2n) is 5.41. The van der Waals surface area contributed by atoms with Gasteiger partial charge in [-0.2, -0.15) is 13.2 Å². The lowest BCUT2D eigenvalue weighted by Crippen LogP contribution is -2.37. The number of rotatable bonds is 7. The number of halogens is 4. The first kappa shape index (κ1) is 22.7. The number of ether oxygens (including phenoxy) is 1. The molecular weight excluding hydrogens is 436 g/mol. The molecule has 0 aromatic carbocycles. The van der Waals surface area contributed by atoms with Gasteiger partial charge in [-0.25, -0.2) is 4.98 Å². The van der Waals surface area contributed by atoms with Crippen molar-refractivity contribution in [2.45, 2.75) is 33.0 Å². The molecule has 2 N–H and O–H groups in total. The van der Waals surface area contributed by atoms with Crippen LogP contribution < -0.4 is 15.4 Å². The normalized spacial score (nSPS) is 11.9. The third kappa shape index (κ3) is 9.78. The zero-order valence-electron chi connectivity index (χ0n) is 14.0. The first-order valence-electron chi connectivity index (χ1n) is 7.39. The minimum atomic E-state index is -4.39. The fraction of sp³-hybridized carbons (Fsp3) is 0.600. The summed E-state index contributed by atoms with van der Waals surface area (Å²) in [4.78, 5) is 7.92. The van der Waals surface area contributed by atoms with Gasteiger partial charge in [0.15, 0.2) is 12.6 Å². The van der Waals surface area contributed by atoms with Crippen molar-refractivity contribution in [3.63, 3.8) is 0 Å². The smallest absolute Gasteiger partial charge is 0.422 e. The lowest BCUT2D eigenvalue weighted by molar-refractivity contribution is -0.154. The van der Waals surface area contributed by atoms with Crippen molar-refractivity contribution in [1.29, 1.82) is 0 Å². The first-order chi connectivity index (χ1) is 10.8. The van der Waals surface area contributed by atoms with Gasteiger partial charge in [-0.3, -0.25) is 4.99 Å². The molecule has 9 heteroatoms. The number of nitrogens with zero attached hydrogens (tertiary/aromatic N) is 2. The van der Waals surface area contributed by atoms with Crippen LogP contribution in [0.1, 0.15) is 25.8 Å². The average molecular weight is 460 g/mol. The number of hydrogen-bond donors (Lipinski definition) is 2. The number of nitrogens with one attached hydrogen (secondary N) is 2. The standard InChI is InChI=1S/C15H23F3N4O.HI/c1-11(2)6-8-21-14(19-3)22-9-12-5-4-7-20-13(12)23-10-15(16,17)18;/h4-5,7,11H,6,8-10H2,1-3H3,(H2,19,21,22);1H. The number of hydrogen-bond acceptors (Lipinski definition) is 3. The van der Waals surface area contributed by atoms with Crippen LogP contribution in [0, 0.1) is 5.92 Å². The molecular formula is C15H24F3IN4O. The van der Waals surface area contributed by atoms with E-state index in [9.17, 15) is 13.2 Å². The molecule has 0 bridgehead atoms. The minimum Gasteiger partial charge on any atom is -0.468 e. The Balaban J connectivity index is 0.00000529. The van der Waals surface area contributed by atoms with Crippen molar-refractivity contribution in [2.24, 2.45) is 10.9 Å². The van der Waals surface area contributed by atoms with Crippen LogP contribution in [0.2, 0.25) is 0 Å². The van der Waals surface area contributed by atoms with Gasteiger partial charge in [-0.1, -0.05) is 19.9 Å². The van der Waals surface area contributed by atoms with Gasteiger partial charge in [0.2, 0.25) is 5.88 Å². The maximum Gasteiger partial charge on any atom is 0.422 e. The lowest BCUT2D eigenvalue weighted by atomic mass is 10.1. The molecule has 0 fully saturated rings. The Labute approximate surface area is 157 Å². The van der Waals surface area contributed by atoms with Crippen LogP contribution in [-0.2, 0) is 6.54 Å². The molecule has 5 nitrogen and oxygen atoms in total. The lowest BCUT2D eigenvalue weighted by Gasteiger charge is -2.15. The molecule has 0 saturated carbocycles. The van der Waals surface area contributed by atoms with E-state index in [4.69, 9.17) is 4.74 Å². The van der Waals surface area contributed by atoms with Gasteiger partial charge in [-0.05, 0) is 18.4 Å². The zero-order chi connectivity index (χ0) is 17.3. The predicted octanol–water partition coefficient (Wildman–Crippen LogP) is 3.35. The summed E-state index contributed by atoms with van der Waals surface area (Å²) in [6.07, 6.45) is -2.00. The molecule has 0 atom stereocenters. The molecule has 0 saturated heterocycles. The van der Waals surface area contributed by atoms with E-state index in [1.165, 1.54) is 6.20 Å². The molecule has 1 rings (SSSR count). The van der Waals surface area contributed by atoms with E-state index < -0.39 is 12.8 Å². The summed E-state index contributed by atoms with van der Waals surface area (Å²) in [7, 11) is 1.63. The van der Waals surface area contributed by atoms with Crippen molar-refractivity contribution >= 4 is 29.9 Å². The van der Waals surface area contributed by atoms with Crippen molar-refractivity contribution in [2.75, 3.05) is 20.2 Å². The van der Waals surface area contributed by atoms with Crippen LogP contribution >= 0.6 is 24.0 Å². The number of aliphatic imine (C=N–C) groups is 1. The molecule has 24 heavy (non-hydrogen) atoms. The van der Waals surface area contributed by atoms with Crippen LogP contribution in [0.25, 0.3) is 0 Å². The van der Waals surface area contributed by atoms with E-state index in [1.807, 2.05) is 0 Å². The summed E-state index contributed by atoms with van der Waals surface area (Å²) < 4.78 is 41.5. The largest absolute Gasteiger partial charge is 0.468 e. The fourth-order valence-electron chi connectivity index (χ4n) is 1.72. The van der Waals surface area contributed by atoms with Crippen LogP contribution in [0.4, 0.5) is 13.2 Å². The van der Waals surface area contributed by atoms with Gasteiger partial charge in [0.25, 0.3) is 0 Å². The van der Waals surface area contributed by atoms with E-state index in [2.05, 4.69) is 34.5 Å². The Morgan fingerprint density at radius 3 is 2.62 bits per heavy atom. The summed E-state index contributed by atoms with van der Waals surface area (Å²) in [5, 5.41) is 6.18. The molecule has 0 radical (unpaired) electrons. The van der Waals surface area contributed by atoms with Crippen LogP contribution in [0.5, 0.6) is 5.88 Å². The van der Waals surface area contributed by atoms with E-state index in [-0.39, 0.29) is 36.4 Å². The van der Waals surface area contributed by atoms with Crippen molar-refractivity contribution < 1.29 is 17.9 Å².